The van der Waals surface area contributed by atoms with Crippen LogP contribution in [0.2, 0.25) is 0 Å². The monoisotopic (exact) mass is 238 g/mol. The number of nitrogens with zero attached hydrogens (tertiary/aromatic N) is 1. The topological polar surface area (TPSA) is 15.3 Å². The summed E-state index contributed by atoms with van der Waals surface area (Å²) in [5.74, 6) is 0. The summed E-state index contributed by atoms with van der Waals surface area (Å²) in [5, 5.41) is 5.63. The predicted octanol–water partition coefficient (Wildman–Crippen LogP) is 2.67. The summed E-state index contributed by atoms with van der Waals surface area (Å²) in [6.45, 7) is 9.21. The molecule has 2 nitrogen and oxygen atoms in total. The van der Waals surface area contributed by atoms with Gasteiger partial charge in [0.1, 0.15) is 0 Å². The van der Waals surface area contributed by atoms with Gasteiger partial charge < -0.3 is 5.32 Å². The quantitative estimate of drug-likeness (QED) is 0.793. The van der Waals surface area contributed by atoms with Crippen LogP contribution in [0.15, 0.2) is 11.4 Å². The summed E-state index contributed by atoms with van der Waals surface area (Å²) >= 11 is 1.92. The van der Waals surface area contributed by atoms with Crippen molar-refractivity contribution in [3.05, 3.63) is 21.9 Å². The van der Waals surface area contributed by atoms with Gasteiger partial charge in [-0.15, -0.1) is 11.3 Å². The molecule has 1 N–H and O–H groups in total. The van der Waals surface area contributed by atoms with Gasteiger partial charge in [-0.25, -0.2) is 0 Å². The Hall–Kier alpha value is -0.380. The molecular formula is C13H22N2S. The van der Waals surface area contributed by atoms with E-state index in [4.69, 9.17) is 0 Å². The van der Waals surface area contributed by atoms with Crippen molar-refractivity contribution in [2.75, 3.05) is 26.2 Å². The fourth-order valence-electron chi connectivity index (χ4n) is 2.45. The molecule has 0 amide bonds. The van der Waals surface area contributed by atoms with Crippen LogP contribution < -0.4 is 5.32 Å². The minimum Gasteiger partial charge on any atom is -0.317 e. The fourth-order valence-corrected chi connectivity index (χ4v) is 3.41. The van der Waals surface area contributed by atoms with Gasteiger partial charge in [0.15, 0.2) is 0 Å². The Morgan fingerprint density at radius 3 is 3.25 bits per heavy atom. The lowest BCUT2D eigenvalue weighted by Gasteiger charge is -2.33. The van der Waals surface area contributed by atoms with Crippen molar-refractivity contribution in [1.29, 1.82) is 0 Å². The van der Waals surface area contributed by atoms with Crippen LogP contribution >= 0.6 is 11.3 Å². The van der Waals surface area contributed by atoms with E-state index in [0.29, 0.717) is 6.04 Å². The predicted molar refractivity (Wildman–Crippen MR) is 71.2 cm³/mol. The maximum absolute atomic E-state index is 3.39. The number of thiophene rings is 1. The van der Waals surface area contributed by atoms with E-state index >= 15 is 0 Å². The van der Waals surface area contributed by atoms with E-state index in [1.165, 1.54) is 25.9 Å². The maximum atomic E-state index is 3.39. The van der Waals surface area contributed by atoms with Gasteiger partial charge in [0.25, 0.3) is 0 Å². The molecule has 2 heterocycles. The smallest absolute Gasteiger partial charge is 0.0331 e. The summed E-state index contributed by atoms with van der Waals surface area (Å²) in [6.07, 6.45) is 2.51. The van der Waals surface area contributed by atoms with Gasteiger partial charge in [-0.3, -0.25) is 4.90 Å². The van der Waals surface area contributed by atoms with E-state index in [1.54, 1.807) is 10.4 Å². The van der Waals surface area contributed by atoms with E-state index in [-0.39, 0.29) is 0 Å². The summed E-state index contributed by atoms with van der Waals surface area (Å²) in [7, 11) is 0. The number of hydrogen-bond acceptors (Lipinski definition) is 3. The molecule has 1 aromatic rings. The van der Waals surface area contributed by atoms with Crippen molar-refractivity contribution in [1.82, 2.24) is 10.2 Å². The van der Waals surface area contributed by atoms with Crippen LogP contribution in [0.1, 0.15) is 36.8 Å². The van der Waals surface area contributed by atoms with Crippen molar-refractivity contribution in [3.8, 4) is 0 Å². The first-order chi connectivity index (χ1) is 7.83. The Labute approximate surface area is 103 Å². The zero-order valence-corrected chi connectivity index (χ0v) is 11.1. The second kappa shape index (κ2) is 5.80. The molecule has 0 bridgehead atoms. The third kappa shape index (κ3) is 2.65. The minimum atomic E-state index is 0.622. The summed E-state index contributed by atoms with van der Waals surface area (Å²) in [4.78, 5) is 4.22. The van der Waals surface area contributed by atoms with Crippen LogP contribution in [0.4, 0.5) is 0 Å². The third-order valence-corrected chi connectivity index (χ3v) is 4.45. The van der Waals surface area contributed by atoms with E-state index in [0.717, 1.165) is 13.1 Å². The zero-order chi connectivity index (χ0) is 11.4. The number of rotatable bonds is 5. The first kappa shape index (κ1) is 12.1. The number of hydrogen-bond donors (Lipinski definition) is 1. The largest absolute Gasteiger partial charge is 0.317 e. The molecule has 2 rings (SSSR count). The standard InChI is InChI=1S/C13H22N2S/c1-3-14-7-4-8-15-9-5-13-12(11(15)2)6-10-16-13/h6,10-11,14H,3-5,7-9H2,1-2H3. The summed E-state index contributed by atoms with van der Waals surface area (Å²) < 4.78 is 0. The molecule has 0 spiro atoms. The molecule has 1 atom stereocenters. The molecule has 1 aliphatic rings. The molecule has 90 valence electrons. The molecule has 0 saturated heterocycles. The minimum absolute atomic E-state index is 0.622. The normalized spacial score (nSPS) is 21.0. The van der Waals surface area contributed by atoms with Crippen LogP contribution in [0, 0.1) is 0 Å². The molecule has 0 fully saturated rings. The molecule has 0 aromatic carbocycles. The molecular weight excluding hydrogens is 216 g/mol. The maximum Gasteiger partial charge on any atom is 0.0331 e. The molecule has 1 aromatic heterocycles. The van der Waals surface area contributed by atoms with E-state index in [1.807, 2.05) is 11.3 Å². The van der Waals surface area contributed by atoms with Crippen LogP contribution in [-0.4, -0.2) is 31.1 Å². The van der Waals surface area contributed by atoms with Gasteiger partial charge in [-0.05, 0) is 56.4 Å². The van der Waals surface area contributed by atoms with Crippen molar-refractivity contribution < 1.29 is 0 Å². The SMILES string of the molecule is CCNCCCN1CCc2sccc2C1C. The molecule has 0 radical (unpaired) electrons. The third-order valence-electron chi connectivity index (χ3n) is 3.45. The molecule has 3 heteroatoms. The van der Waals surface area contributed by atoms with Crippen molar-refractivity contribution >= 4 is 11.3 Å². The first-order valence-electron chi connectivity index (χ1n) is 6.34. The van der Waals surface area contributed by atoms with Crippen molar-refractivity contribution in [2.24, 2.45) is 0 Å². The highest BCUT2D eigenvalue weighted by Crippen LogP contribution is 2.32. The van der Waals surface area contributed by atoms with E-state index < -0.39 is 0 Å². The van der Waals surface area contributed by atoms with Gasteiger partial charge in [-0.2, -0.15) is 0 Å². The Kier molecular flexibility index (Phi) is 4.38. The average molecular weight is 238 g/mol. The molecule has 1 unspecified atom stereocenters. The molecule has 0 saturated carbocycles. The lowest BCUT2D eigenvalue weighted by molar-refractivity contribution is 0.197. The Morgan fingerprint density at radius 2 is 2.44 bits per heavy atom. The lowest BCUT2D eigenvalue weighted by atomic mass is 10.0. The number of fused-ring (bicyclic) bond motifs is 1. The van der Waals surface area contributed by atoms with Gasteiger partial charge in [-0.1, -0.05) is 6.92 Å². The van der Waals surface area contributed by atoms with Gasteiger partial charge in [0.05, 0.1) is 0 Å². The van der Waals surface area contributed by atoms with Crippen LogP contribution in [0.3, 0.4) is 0 Å². The first-order valence-corrected chi connectivity index (χ1v) is 7.22. The molecule has 0 aliphatic carbocycles. The zero-order valence-electron chi connectivity index (χ0n) is 10.3. The molecule has 1 aliphatic heterocycles. The van der Waals surface area contributed by atoms with Gasteiger partial charge >= 0.3 is 0 Å². The van der Waals surface area contributed by atoms with Gasteiger partial charge in [0, 0.05) is 17.5 Å². The highest BCUT2D eigenvalue weighted by atomic mass is 32.1. The lowest BCUT2D eigenvalue weighted by Crippen LogP contribution is -2.35. The summed E-state index contributed by atoms with van der Waals surface area (Å²) in [5.41, 5.74) is 1.57. The van der Waals surface area contributed by atoms with Gasteiger partial charge in [0.2, 0.25) is 0 Å². The van der Waals surface area contributed by atoms with Crippen molar-refractivity contribution in [2.45, 2.75) is 32.7 Å². The molecule has 16 heavy (non-hydrogen) atoms. The average Bonchev–Trinajstić information content (AvgIpc) is 2.76. The Morgan fingerprint density at radius 1 is 1.56 bits per heavy atom. The fraction of sp³-hybridized carbons (Fsp3) is 0.692. The Balaban J connectivity index is 1.84. The van der Waals surface area contributed by atoms with E-state index in [2.05, 4.69) is 35.5 Å². The van der Waals surface area contributed by atoms with Crippen LogP contribution in [-0.2, 0) is 6.42 Å². The second-order valence-corrected chi connectivity index (χ2v) is 5.47. The summed E-state index contributed by atoms with van der Waals surface area (Å²) in [6, 6.07) is 2.93. The Bertz CT molecular complexity index is 321. The van der Waals surface area contributed by atoms with Crippen LogP contribution in [0.25, 0.3) is 0 Å². The highest BCUT2D eigenvalue weighted by Gasteiger charge is 2.23. The number of nitrogens with one attached hydrogen (secondary N) is 1. The second-order valence-electron chi connectivity index (χ2n) is 4.47. The van der Waals surface area contributed by atoms with Crippen LogP contribution in [0.5, 0.6) is 0 Å². The van der Waals surface area contributed by atoms with Crippen molar-refractivity contribution in [3.63, 3.8) is 0 Å². The van der Waals surface area contributed by atoms with E-state index in [9.17, 15) is 0 Å². The highest BCUT2D eigenvalue weighted by molar-refractivity contribution is 7.10.